The molecule has 0 saturated heterocycles. The second kappa shape index (κ2) is 6.04. The first-order valence-corrected chi connectivity index (χ1v) is 7.61. The molecule has 0 bridgehead atoms. The Bertz CT molecular complexity index is 986. The smallest absolute Gasteiger partial charge is 0.220 e. The summed E-state index contributed by atoms with van der Waals surface area (Å²) in [5, 5.41) is 1.03. The van der Waals surface area contributed by atoms with Crippen molar-refractivity contribution in [3.05, 3.63) is 78.8 Å². The molecule has 0 N–H and O–H groups in total. The fourth-order valence-electron chi connectivity index (χ4n) is 2.70. The fourth-order valence-corrected chi connectivity index (χ4v) is 2.70. The van der Waals surface area contributed by atoms with Crippen molar-refractivity contribution < 1.29 is 9.53 Å². The third-order valence-electron chi connectivity index (χ3n) is 3.89. The summed E-state index contributed by atoms with van der Waals surface area (Å²) in [5.74, 6) is 1.38. The van der Waals surface area contributed by atoms with Gasteiger partial charge < -0.3 is 4.74 Å². The van der Waals surface area contributed by atoms with Crippen LogP contribution in [0.1, 0.15) is 5.56 Å². The van der Waals surface area contributed by atoms with Gasteiger partial charge in [0.25, 0.3) is 0 Å². The van der Waals surface area contributed by atoms with Gasteiger partial charge >= 0.3 is 0 Å². The summed E-state index contributed by atoms with van der Waals surface area (Å²) in [7, 11) is 0. The molecular formula is C19H15N3O2. The summed E-state index contributed by atoms with van der Waals surface area (Å²) in [6.45, 7) is 0.530. The van der Waals surface area contributed by atoms with E-state index in [1.54, 1.807) is 12.4 Å². The molecule has 0 atom stereocenters. The highest BCUT2D eigenvalue weighted by Gasteiger charge is 2.09. The number of fused-ring (bicyclic) bond motifs is 1. The second-order valence-corrected chi connectivity index (χ2v) is 5.42. The number of ether oxygens (including phenoxy) is 1. The van der Waals surface area contributed by atoms with E-state index in [2.05, 4.69) is 4.98 Å². The predicted molar refractivity (Wildman–Crippen MR) is 92.0 cm³/mol. The van der Waals surface area contributed by atoms with Crippen LogP contribution in [-0.4, -0.2) is 20.5 Å². The first-order chi connectivity index (χ1) is 11.8. The average molecular weight is 317 g/mol. The molecule has 24 heavy (non-hydrogen) atoms. The normalized spacial score (nSPS) is 10.8. The lowest BCUT2D eigenvalue weighted by molar-refractivity contribution is 0.306. The lowest BCUT2D eigenvalue weighted by Crippen LogP contribution is -2.04. The van der Waals surface area contributed by atoms with Crippen LogP contribution in [0, 0.1) is 0 Å². The minimum atomic E-state index is 0.530. The minimum absolute atomic E-state index is 0.530. The molecule has 0 amide bonds. The first-order valence-electron chi connectivity index (χ1n) is 7.61. The standard InChI is InChI=1S/C19H15N3O2/c23-14-21-11-9-20-19(21)22-10-8-16-12-17(6-7-18(16)22)24-13-15-4-2-1-3-5-15/h1-12,14H,13H2. The molecule has 0 radical (unpaired) electrons. The van der Waals surface area contributed by atoms with E-state index in [1.807, 2.05) is 65.4 Å². The van der Waals surface area contributed by atoms with Crippen LogP contribution in [-0.2, 0) is 11.4 Å². The van der Waals surface area contributed by atoms with Crippen LogP contribution in [0.4, 0.5) is 0 Å². The highest BCUT2D eigenvalue weighted by atomic mass is 16.5. The van der Waals surface area contributed by atoms with Crippen LogP contribution >= 0.6 is 0 Å². The van der Waals surface area contributed by atoms with E-state index < -0.39 is 0 Å². The first kappa shape index (κ1) is 14.3. The zero-order valence-corrected chi connectivity index (χ0v) is 12.9. The van der Waals surface area contributed by atoms with Crippen molar-refractivity contribution in [2.24, 2.45) is 0 Å². The van der Waals surface area contributed by atoms with Gasteiger partial charge in [0.05, 0.1) is 5.52 Å². The van der Waals surface area contributed by atoms with Gasteiger partial charge in [-0.15, -0.1) is 0 Å². The number of aromatic nitrogens is 3. The summed E-state index contributed by atoms with van der Waals surface area (Å²) in [6.07, 6.45) is 5.87. The van der Waals surface area contributed by atoms with Gasteiger partial charge in [-0.2, -0.15) is 0 Å². The van der Waals surface area contributed by atoms with Gasteiger partial charge in [-0.1, -0.05) is 30.3 Å². The summed E-state index contributed by atoms with van der Waals surface area (Å²) in [4.78, 5) is 15.3. The molecule has 118 valence electrons. The number of carbonyl (C=O) groups excluding carboxylic acids is 1. The molecule has 2 aromatic carbocycles. The van der Waals surface area contributed by atoms with Crippen molar-refractivity contribution in [3.63, 3.8) is 0 Å². The van der Waals surface area contributed by atoms with E-state index in [-0.39, 0.29) is 0 Å². The molecule has 0 saturated carbocycles. The molecule has 0 aliphatic rings. The van der Waals surface area contributed by atoms with Gasteiger partial charge in [-0.05, 0) is 29.8 Å². The minimum Gasteiger partial charge on any atom is -0.489 e. The topological polar surface area (TPSA) is 49.0 Å². The van der Waals surface area contributed by atoms with Crippen LogP contribution in [0.2, 0.25) is 0 Å². The molecule has 5 nitrogen and oxygen atoms in total. The molecule has 4 aromatic rings. The number of hydrogen-bond acceptors (Lipinski definition) is 3. The van der Waals surface area contributed by atoms with E-state index in [0.717, 1.165) is 28.6 Å². The maximum atomic E-state index is 11.1. The third-order valence-corrected chi connectivity index (χ3v) is 3.89. The zero-order chi connectivity index (χ0) is 16.4. The van der Waals surface area contributed by atoms with E-state index in [1.165, 1.54) is 4.57 Å². The Morgan fingerprint density at radius 1 is 1.04 bits per heavy atom. The molecule has 5 heteroatoms. The van der Waals surface area contributed by atoms with Crippen LogP contribution in [0.25, 0.3) is 16.9 Å². The summed E-state index contributed by atoms with van der Waals surface area (Å²) in [5.41, 5.74) is 2.10. The number of carbonyl (C=O) groups is 1. The van der Waals surface area contributed by atoms with E-state index >= 15 is 0 Å². The van der Waals surface area contributed by atoms with Gasteiger partial charge in [-0.3, -0.25) is 13.9 Å². The van der Waals surface area contributed by atoms with Crippen LogP contribution in [0.3, 0.4) is 0 Å². The van der Waals surface area contributed by atoms with Crippen molar-refractivity contribution in [1.29, 1.82) is 0 Å². The van der Waals surface area contributed by atoms with Crippen molar-refractivity contribution in [3.8, 4) is 11.7 Å². The summed E-state index contributed by atoms with van der Waals surface area (Å²) < 4.78 is 9.18. The molecule has 0 aliphatic carbocycles. The molecule has 0 spiro atoms. The lowest BCUT2D eigenvalue weighted by Gasteiger charge is -2.08. The van der Waals surface area contributed by atoms with Crippen molar-refractivity contribution in [2.75, 3.05) is 0 Å². The van der Waals surface area contributed by atoms with Crippen molar-refractivity contribution >= 4 is 17.3 Å². The molecular weight excluding hydrogens is 302 g/mol. The SMILES string of the molecule is O=Cn1ccnc1-n1ccc2cc(OCc3ccccc3)ccc21. The Kier molecular flexibility index (Phi) is 3.59. The van der Waals surface area contributed by atoms with E-state index in [0.29, 0.717) is 12.6 Å². The lowest BCUT2D eigenvalue weighted by atomic mass is 10.2. The monoisotopic (exact) mass is 317 g/mol. The molecule has 0 fully saturated rings. The predicted octanol–water partition coefficient (Wildman–Crippen LogP) is 3.44. The van der Waals surface area contributed by atoms with Gasteiger partial charge in [0.1, 0.15) is 12.4 Å². The third kappa shape index (κ3) is 2.56. The summed E-state index contributed by atoms with van der Waals surface area (Å²) >= 11 is 0. The fraction of sp³-hybridized carbons (Fsp3) is 0.0526. The van der Waals surface area contributed by atoms with Crippen molar-refractivity contribution in [1.82, 2.24) is 14.1 Å². The Morgan fingerprint density at radius 2 is 1.92 bits per heavy atom. The van der Waals surface area contributed by atoms with Crippen LogP contribution < -0.4 is 4.74 Å². The Hall–Kier alpha value is -3.34. The Morgan fingerprint density at radius 3 is 2.75 bits per heavy atom. The number of rotatable bonds is 5. The molecule has 2 aromatic heterocycles. The maximum Gasteiger partial charge on any atom is 0.220 e. The highest BCUT2D eigenvalue weighted by Crippen LogP contribution is 2.24. The summed E-state index contributed by atoms with van der Waals surface area (Å²) in [6, 6.07) is 17.9. The van der Waals surface area contributed by atoms with E-state index in [4.69, 9.17) is 4.74 Å². The molecule has 4 rings (SSSR count). The van der Waals surface area contributed by atoms with E-state index in [9.17, 15) is 4.79 Å². The quantitative estimate of drug-likeness (QED) is 0.530. The van der Waals surface area contributed by atoms with Crippen LogP contribution in [0.15, 0.2) is 73.2 Å². The van der Waals surface area contributed by atoms with Crippen LogP contribution in [0.5, 0.6) is 5.75 Å². The highest BCUT2D eigenvalue weighted by molar-refractivity contribution is 5.83. The molecule has 0 aliphatic heterocycles. The van der Waals surface area contributed by atoms with Gasteiger partial charge in [0.2, 0.25) is 12.4 Å². The van der Waals surface area contributed by atoms with Gasteiger partial charge in [0.15, 0.2) is 0 Å². The van der Waals surface area contributed by atoms with Crippen molar-refractivity contribution in [2.45, 2.75) is 6.61 Å². The second-order valence-electron chi connectivity index (χ2n) is 5.42. The number of imidazole rings is 1. The Labute approximate surface area is 138 Å². The van der Waals surface area contributed by atoms with Gasteiger partial charge in [-0.25, -0.2) is 4.98 Å². The maximum absolute atomic E-state index is 11.1. The number of benzene rings is 2. The number of hydrogen-bond donors (Lipinski definition) is 0. The van der Waals surface area contributed by atoms with Gasteiger partial charge in [0, 0.05) is 24.0 Å². The zero-order valence-electron chi connectivity index (χ0n) is 12.9. The Balaban J connectivity index is 1.62. The largest absolute Gasteiger partial charge is 0.489 e. The number of nitrogens with zero attached hydrogens (tertiary/aromatic N) is 3. The molecule has 2 heterocycles. The molecule has 0 unspecified atom stereocenters. The average Bonchev–Trinajstić information content (AvgIpc) is 3.26.